The summed E-state index contributed by atoms with van der Waals surface area (Å²) in [4.78, 5) is 5.42. The van der Waals surface area contributed by atoms with Crippen LogP contribution in [-0.2, 0) is 7.05 Å². The smallest absolute Gasteiger partial charge is 0.203 e. The van der Waals surface area contributed by atoms with Gasteiger partial charge in [-0.05, 0) is 18.6 Å². The van der Waals surface area contributed by atoms with Crippen molar-refractivity contribution >= 4 is 22.9 Å². The maximum absolute atomic E-state index is 5.97. The first-order valence-corrected chi connectivity index (χ1v) is 9.12. The number of aryl methyl sites for hydroxylation is 1. The number of hydrogen-bond donors (Lipinski definition) is 0. The first-order chi connectivity index (χ1) is 10.6. The van der Waals surface area contributed by atoms with Crippen molar-refractivity contribution < 1.29 is 0 Å². The summed E-state index contributed by atoms with van der Waals surface area (Å²) in [6, 6.07) is 7.72. The van der Waals surface area contributed by atoms with Crippen LogP contribution >= 0.6 is 22.9 Å². The van der Waals surface area contributed by atoms with Gasteiger partial charge in [-0.3, -0.25) is 4.99 Å². The number of hydrogen-bond acceptors (Lipinski definition) is 3. The van der Waals surface area contributed by atoms with E-state index < -0.39 is 0 Å². The van der Waals surface area contributed by atoms with Crippen LogP contribution in [0, 0.1) is 0 Å². The molecule has 0 spiro atoms. The molecule has 0 unspecified atom stereocenters. The standard InChI is InChI=1S/C12H14ClN3S.C3H8.C2H6/c1-3-7-14-12-16(2)15-11(17-12)9-5-4-6-10(13)8-9;1-3-2;1-2/h4-6,8H,3,7H2,1-2H3;3H2,1-2H3;1-2H3. The average molecular weight is 342 g/mol. The van der Waals surface area contributed by atoms with E-state index in [9.17, 15) is 0 Å². The Morgan fingerprint density at radius 1 is 1.23 bits per heavy atom. The minimum absolute atomic E-state index is 0.729. The lowest BCUT2D eigenvalue weighted by molar-refractivity contribution is 0.715. The normalized spacial score (nSPS) is 10.4. The Kier molecular flexibility index (Phi) is 11.8. The summed E-state index contributed by atoms with van der Waals surface area (Å²) < 4.78 is 1.82. The first kappa shape index (κ1) is 20.9. The third-order valence-electron chi connectivity index (χ3n) is 2.25. The molecule has 0 fully saturated rings. The molecule has 0 atom stereocenters. The summed E-state index contributed by atoms with van der Waals surface area (Å²) in [7, 11) is 1.92. The van der Waals surface area contributed by atoms with Gasteiger partial charge in [0.05, 0.1) is 0 Å². The average Bonchev–Trinajstić information content (AvgIpc) is 2.89. The highest BCUT2D eigenvalue weighted by Gasteiger charge is 2.05. The molecule has 2 aromatic rings. The molecule has 124 valence electrons. The number of aromatic nitrogens is 2. The maximum Gasteiger partial charge on any atom is 0.203 e. The van der Waals surface area contributed by atoms with Gasteiger partial charge in [0, 0.05) is 24.2 Å². The summed E-state index contributed by atoms with van der Waals surface area (Å²) in [5.74, 6) is 0. The molecule has 0 aliphatic rings. The molecule has 0 aliphatic carbocycles. The third kappa shape index (κ3) is 7.23. The van der Waals surface area contributed by atoms with E-state index in [4.69, 9.17) is 11.6 Å². The van der Waals surface area contributed by atoms with Crippen LogP contribution in [0.3, 0.4) is 0 Å². The summed E-state index contributed by atoms with van der Waals surface area (Å²) in [5.41, 5.74) is 1.04. The Labute approximate surface area is 143 Å². The van der Waals surface area contributed by atoms with Gasteiger partial charge in [-0.15, -0.1) is 0 Å². The van der Waals surface area contributed by atoms with Gasteiger partial charge < -0.3 is 0 Å². The van der Waals surface area contributed by atoms with Gasteiger partial charge in [-0.1, -0.05) is 76.1 Å². The van der Waals surface area contributed by atoms with E-state index >= 15 is 0 Å². The molecule has 3 nitrogen and oxygen atoms in total. The van der Waals surface area contributed by atoms with Gasteiger partial charge >= 0.3 is 0 Å². The quantitative estimate of drug-likeness (QED) is 0.719. The van der Waals surface area contributed by atoms with E-state index in [1.54, 1.807) is 11.3 Å². The highest BCUT2D eigenvalue weighted by atomic mass is 35.5. The first-order valence-electron chi connectivity index (χ1n) is 7.92. The molecule has 22 heavy (non-hydrogen) atoms. The van der Waals surface area contributed by atoms with Crippen LogP contribution in [0.15, 0.2) is 29.3 Å². The zero-order valence-electron chi connectivity index (χ0n) is 14.6. The van der Waals surface area contributed by atoms with Crippen molar-refractivity contribution in [2.75, 3.05) is 6.54 Å². The largest absolute Gasteiger partial charge is 0.258 e. The second-order valence-corrected chi connectivity index (χ2v) is 5.80. The van der Waals surface area contributed by atoms with E-state index in [2.05, 4.69) is 30.9 Å². The third-order valence-corrected chi connectivity index (χ3v) is 3.57. The van der Waals surface area contributed by atoms with Crippen LogP contribution in [0.5, 0.6) is 0 Å². The Bertz CT molecular complexity index is 588. The van der Waals surface area contributed by atoms with Crippen LogP contribution in [-0.4, -0.2) is 16.3 Å². The molecule has 0 radical (unpaired) electrons. The highest BCUT2D eigenvalue weighted by molar-refractivity contribution is 7.12. The molecule has 5 heteroatoms. The topological polar surface area (TPSA) is 30.2 Å². The van der Waals surface area contributed by atoms with Crippen LogP contribution in [0.2, 0.25) is 5.02 Å². The molecule has 0 aliphatic heterocycles. The molecule has 1 aromatic heterocycles. The fraction of sp³-hybridized carbons (Fsp3) is 0.529. The second kappa shape index (κ2) is 12.4. The van der Waals surface area contributed by atoms with E-state index in [0.717, 1.165) is 33.4 Å². The van der Waals surface area contributed by atoms with Gasteiger partial charge in [-0.2, -0.15) is 5.10 Å². The molecule has 1 aromatic carbocycles. The van der Waals surface area contributed by atoms with Crippen molar-refractivity contribution in [2.24, 2.45) is 12.0 Å². The predicted molar refractivity (Wildman–Crippen MR) is 99.6 cm³/mol. The van der Waals surface area contributed by atoms with E-state index in [-0.39, 0.29) is 0 Å². The number of rotatable bonds is 3. The Morgan fingerprint density at radius 2 is 1.86 bits per heavy atom. The zero-order valence-corrected chi connectivity index (χ0v) is 16.1. The van der Waals surface area contributed by atoms with Gasteiger partial charge in [0.2, 0.25) is 4.80 Å². The Balaban J connectivity index is 0.000000789. The highest BCUT2D eigenvalue weighted by Crippen LogP contribution is 2.22. The lowest BCUT2D eigenvalue weighted by atomic mass is 10.2. The molecule has 0 N–H and O–H groups in total. The van der Waals surface area contributed by atoms with Crippen molar-refractivity contribution in [3.8, 4) is 10.6 Å². The summed E-state index contributed by atoms with van der Waals surface area (Å²) in [6.45, 7) is 11.2. The Hall–Kier alpha value is -1.13. The van der Waals surface area contributed by atoms with Gasteiger partial charge in [0.1, 0.15) is 5.01 Å². The number of benzene rings is 1. The lowest BCUT2D eigenvalue weighted by Crippen LogP contribution is -2.12. The number of halogens is 1. The van der Waals surface area contributed by atoms with Crippen molar-refractivity contribution in [2.45, 2.75) is 47.5 Å². The molecular weight excluding hydrogens is 314 g/mol. The van der Waals surface area contributed by atoms with Crippen LogP contribution in [0.1, 0.15) is 47.5 Å². The van der Waals surface area contributed by atoms with Crippen LogP contribution < -0.4 is 4.80 Å². The molecule has 0 saturated carbocycles. The van der Waals surface area contributed by atoms with Crippen molar-refractivity contribution in [3.05, 3.63) is 34.1 Å². The van der Waals surface area contributed by atoms with Gasteiger partial charge in [0.25, 0.3) is 0 Å². The summed E-state index contributed by atoms with van der Waals surface area (Å²) in [6.07, 6.45) is 2.30. The second-order valence-electron chi connectivity index (χ2n) is 4.41. The van der Waals surface area contributed by atoms with Crippen molar-refractivity contribution in [1.82, 2.24) is 9.78 Å². The minimum Gasteiger partial charge on any atom is -0.258 e. The fourth-order valence-corrected chi connectivity index (χ4v) is 2.53. The molecule has 2 rings (SSSR count). The van der Waals surface area contributed by atoms with Crippen LogP contribution in [0.4, 0.5) is 0 Å². The fourth-order valence-electron chi connectivity index (χ4n) is 1.43. The van der Waals surface area contributed by atoms with Gasteiger partial charge in [-0.25, -0.2) is 4.68 Å². The summed E-state index contributed by atoms with van der Waals surface area (Å²) in [5, 5.41) is 6.14. The van der Waals surface area contributed by atoms with Crippen molar-refractivity contribution in [1.29, 1.82) is 0 Å². The van der Waals surface area contributed by atoms with E-state index in [1.165, 1.54) is 6.42 Å². The molecular formula is C17H28ClN3S. The molecule has 0 bridgehead atoms. The zero-order chi connectivity index (χ0) is 17.0. The number of nitrogens with zero attached hydrogens (tertiary/aromatic N) is 3. The monoisotopic (exact) mass is 341 g/mol. The molecule has 0 amide bonds. The van der Waals surface area contributed by atoms with Gasteiger partial charge in [0.15, 0.2) is 0 Å². The van der Waals surface area contributed by atoms with E-state index in [0.29, 0.717) is 0 Å². The van der Waals surface area contributed by atoms with Crippen molar-refractivity contribution in [3.63, 3.8) is 0 Å². The summed E-state index contributed by atoms with van der Waals surface area (Å²) >= 11 is 7.56. The molecule has 1 heterocycles. The Morgan fingerprint density at radius 3 is 2.41 bits per heavy atom. The van der Waals surface area contributed by atoms with E-state index in [1.807, 2.05) is 49.8 Å². The van der Waals surface area contributed by atoms with Crippen LogP contribution in [0.25, 0.3) is 10.6 Å². The predicted octanol–water partition coefficient (Wildman–Crippen LogP) is 5.56. The maximum atomic E-state index is 5.97. The minimum atomic E-state index is 0.729. The SMILES string of the molecule is CC.CCC.CCCN=c1sc(-c2cccc(Cl)c2)nn1C. The lowest BCUT2D eigenvalue weighted by Gasteiger charge is -1.94. The molecule has 0 saturated heterocycles.